The Labute approximate surface area is 74.2 Å². The van der Waals surface area contributed by atoms with Crippen molar-refractivity contribution in [1.29, 1.82) is 0 Å². The molecule has 0 bridgehead atoms. The summed E-state index contributed by atoms with van der Waals surface area (Å²) in [6.07, 6.45) is 2.97. The number of hydrogen-bond acceptors (Lipinski definition) is 1. The van der Waals surface area contributed by atoms with Crippen LogP contribution >= 0.6 is 0 Å². The Balaban J connectivity index is 0.000000336. The summed E-state index contributed by atoms with van der Waals surface area (Å²) < 4.78 is 0. The number of benzene rings is 1. The molecule has 0 aromatic heterocycles. The molecule has 0 radical (unpaired) electrons. The molecule has 0 atom stereocenters. The number of aliphatic imine (C=N–C) groups is 1. The highest BCUT2D eigenvalue weighted by atomic mass is 14.7. The van der Waals surface area contributed by atoms with E-state index in [9.17, 15) is 0 Å². The van der Waals surface area contributed by atoms with Gasteiger partial charge in [0.05, 0.1) is 5.69 Å². The number of fused-ring (bicyclic) bond motifs is 1. The summed E-state index contributed by atoms with van der Waals surface area (Å²) in [6.45, 7) is 6.09. The van der Waals surface area contributed by atoms with Crippen molar-refractivity contribution in [3.8, 4) is 0 Å². The van der Waals surface area contributed by atoms with Crippen LogP contribution in [0.15, 0.2) is 23.2 Å². The van der Waals surface area contributed by atoms with Crippen LogP contribution in [0.5, 0.6) is 0 Å². The molecule has 1 heteroatoms. The second kappa shape index (κ2) is 4.05. The topological polar surface area (TPSA) is 12.4 Å². The van der Waals surface area contributed by atoms with Gasteiger partial charge in [-0.2, -0.15) is 0 Å². The second-order valence-electron chi connectivity index (χ2n) is 2.65. The fraction of sp³-hybridized carbons (Fsp3) is 0.364. The molecule has 0 saturated carbocycles. The quantitative estimate of drug-likeness (QED) is 0.553. The Morgan fingerprint density at radius 3 is 2.75 bits per heavy atom. The van der Waals surface area contributed by atoms with E-state index in [1.807, 2.05) is 20.1 Å². The van der Waals surface area contributed by atoms with Gasteiger partial charge in [0.25, 0.3) is 0 Å². The fourth-order valence-electron chi connectivity index (χ4n) is 1.21. The van der Waals surface area contributed by atoms with Crippen LogP contribution in [0.2, 0.25) is 0 Å². The summed E-state index contributed by atoms with van der Waals surface area (Å²) in [6, 6.07) is 6.41. The van der Waals surface area contributed by atoms with E-state index in [2.05, 4.69) is 30.1 Å². The number of hydrogen-bond donors (Lipinski definition) is 0. The maximum atomic E-state index is 4.24. The van der Waals surface area contributed by atoms with Crippen molar-refractivity contribution >= 4 is 11.9 Å². The van der Waals surface area contributed by atoms with Crippen LogP contribution in [0.3, 0.4) is 0 Å². The largest absolute Gasteiger partial charge is 0.261 e. The molecule has 1 aromatic rings. The lowest BCUT2D eigenvalue weighted by Gasteiger charge is -1.96. The van der Waals surface area contributed by atoms with Gasteiger partial charge < -0.3 is 0 Å². The molecule has 0 fully saturated rings. The van der Waals surface area contributed by atoms with E-state index in [1.165, 1.54) is 11.1 Å². The van der Waals surface area contributed by atoms with Crippen LogP contribution in [0.25, 0.3) is 0 Å². The first-order chi connectivity index (χ1) is 5.86. The average Bonchev–Trinajstić information content (AvgIpc) is 2.54. The van der Waals surface area contributed by atoms with Crippen molar-refractivity contribution in [2.45, 2.75) is 27.2 Å². The minimum atomic E-state index is 1.01. The highest BCUT2D eigenvalue weighted by Gasteiger charge is 2.03. The first kappa shape index (κ1) is 8.98. The molecule has 1 nitrogen and oxygen atoms in total. The monoisotopic (exact) mass is 161 g/mol. The molecule has 2 rings (SSSR count). The predicted molar refractivity (Wildman–Crippen MR) is 54.4 cm³/mol. The minimum absolute atomic E-state index is 1.01. The number of nitrogens with zero attached hydrogens (tertiary/aromatic N) is 1. The first-order valence-corrected chi connectivity index (χ1v) is 4.48. The van der Waals surface area contributed by atoms with Crippen LogP contribution in [0, 0.1) is 6.92 Å². The van der Waals surface area contributed by atoms with Gasteiger partial charge >= 0.3 is 0 Å². The maximum absolute atomic E-state index is 4.24. The number of aryl methyl sites for hydroxylation is 1. The Bertz CT molecular complexity index is 287. The van der Waals surface area contributed by atoms with E-state index in [1.54, 1.807) is 0 Å². The molecule has 1 heterocycles. The van der Waals surface area contributed by atoms with Crippen molar-refractivity contribution in [2.24, 2.45) is 4.99 Å². The van der Waals surface area contributed by atoms with Crippen molar-refractivity contribution in [1.82, 2.24) is 0 Å². The third-order valence-corrected chi connectivity index (χ3v) is 1.78. The van der Waals surface area contributed by atoms with Crippen LogP contribution in [0.1, 0.15) is 25.0 Å². The molecule has 0 amide bonds. The van der Waals surface area contributed by atoms with Crippen molar-refractivity contribution in [3.05, 3.63) is 29.3 Å². The zero-order chi connectivity index (χ0) is 8.97. The molecule has 0 saturated heterocycles. The van der Waals surface area contributed by atoms with Gasteiger partial charge in [-0.3, -0.25) is 4.99 Å². The molecule has 0 N–H and O–H groups in total. The molecule has 0 spiro atoms. The highest BCUT2D eigenvalue weighted by Crippen LogP contribution is 2.24. The van der Waals surface area contributed by atoms with Gasteiger partial charge in [0.2, 0.25) is 0 Å². The zero-order valence-corrected chi connectivity index (χ0v) is 7.96. The minimum Gasteiger partial charge on any atom is -0.261 e. The van der Waals surface area contributed by atoms with E-state index >= 15 is 0 Å². The Morgan fingerprint density at radius 2 is 2.00 bits per heavy atom. The second-order valence-corrected chi connectivity index (χ2v) is 2.65. The summed E-state index contributed by atoms with van der Waals surface area (Å²) in [7, 11) is 0. The van der Waals surface area contributed by atoms with Gasteiger partial charge in [-0.05, 0) is 24.1 Å². The predicted octanol–water partition coefficient (Wildman–Crippen LogP) is 3.28. The summed E-state index contributed by atoms with van der Waals surface area (Å²) >= 11 is 0. The van der Waals surface area contributed by atoms with E-state index in [4.69, 9.17) is 0 Å². The first-order valence-electron chi connectivity index (χ1n) is 4.48. The summed E-state index contributed by atoms with van der Waals surface area (Å²) in [5.74, 6) is 0. The van der Waals surface area contributed by atoms with E-state index < -0.39 is 0 Å². The normalized spacial score (nSPS) is 11.9. The van der Waals surface area contributed by atoms with Crippen LogP contribution < -0.4 is 0 Å². The molecule has 64 valence electrons. The van der Waals surface area contributed by atoms with Gasteiger partial charge in [-0.25, -0.2) is 0 Å². The zero-order valence-electron chi connectivity index (χ0n) is 7.96. The van der Waals surface area contributed by atoms with E-state index in [0.717, 1.165) is 12.1 Å². The lowest BCUT2D eigenvalue weighted by Crippen LogP contribution is -1.78. The molecule has 12 heavy (non-hydrogen) atoms. The van der Waals surface area contributed by atoms with E-state index in [0.29, 0.717) is 0 Å². The van der Waals surface area contributed by atoms with Gasteiger partial charge in [0.1, 0.15) is 0 Å². The molecule has 0 aliphatic carbocycles. The molecular weight excluding hydrogens is 146 g/mol. The summed E-state index contributed by atoms with van der Waals surface area (Å²) in [5.41, 5.74) is 3.79. The van der Waals surface area contributed by atoms with Crippen molar-refractivity contribution in [3.63, 3.8) is 0 Å². The lowest BCUT2D eigenvalue weighted by molar-refractivity contribution is 1.37. The molecule has 1 aliphatic heterocycles. The fourth-order valence-corrected chi connectivity index (χ4v) is 1.21. The molecule has 1 aromatic carbocycles. The third-order valence-electron chi connectivity index (χ3n) is 1.78. The van der Waals surface area contributed by atoms with Gasteiger partial charge in [0.15, 0.2) is 0 Å². The average molecular weight is 161 g/mol. The van der Waals surface area contributed by atoms with Crippen LogP contribution in [0.4, 0.5) is 5.69 Å². The number of rotatable bonds is 0. The molecule has 0 unspecified atom stereocenters. The van der Waals surface area contributed by atoms with E-state index in [-0.39, 0.29) is 0 Å². The van der Waals surface area contributed by atoms with Crippen molar-refractivity contribution in [2.75, 3.05) is 0 Å². The standard InChI is InChI=1S/C9H9N.C2H6/c1-7-2-3-8-4-5-10-9(8)6-7;1-2/h2-3,5-6H,4H2,1H3;1-2H3. The Kier molecular flexibility index (Phi) is 3.03. The van der Waals surface area contributed by atoms with Gasteiger partial charge in [-0.1, -0.05) is 26.0 Å². The lowest BCUT2D eigenvalue weighted by atomic mass is 10.1. The van der Waals surface area contributed by atoms with Crippen LogP contribution in [-0.2, 0) is 6.42 Å². The summed E-state index contributed by atoms with van der Waals surface area (Å²) in [5, 5.41) is 0. The molecule has 1 aliphatic rings. The highest BCUT2D eigenvalue weighted by molar-refractivity contribution is 5.75. The molecular formula is C11H15N. The smallest absolute Gasteiger partial charge is 0.0664 e. The van der Waals surface area contributed by atoms with Crippen LogP contribution in [-0.4, -0.2) is 6.21 Å². The third kappa shape index (κ3) is 1.73. The maximum Gasteiger partial charge on any atom is 0.0664 e. The SMILES string of the molecule is CC.Cc1ccc2c(c1)N=CC2. The van der Waals surface area contributed by atoms with Gasteiger partial charge in [-0.15, -0.1) is 0 Å². The Morgan fingerprint density at radius 1 is 1.25 bits per heavy atom. The summed E-state index contributed by atoms with van der Waals surface area (Å²) in [4.78, 5) is 4.24. The Hall–Kier alpha value is -1.11. The van der Waals surface area contributed by atoms with Crippen molar-refractivity contribution < 1.29 is 0 Å². The van der Waals surface area contributed by atoms with Gasteiger partial charge in [0, 0.05) is 12.6 Å².